The molecule has 20 heavy (non-hydrogen) atoms. The number of nitrogens with one attached hydrogen (secondary N) is 1. The van der Waals surface area contributed by atoms with Crippen molar-refractivity contribution >= 4 is 5.91 Å². The van der Waals surface area contributed by atoms with E-state index in [-0.39, 0.29) is 17.5 Å². The molecule has 1 aromatic rings. The molecule has 2 fully saturated rings. The molecule has 3 N–H and O–H groups in total. The molecule has 2 aliphatic rings. The third-order valence-electron chi connectivity index (χ3n) is 5.08. The molecular weight excluding hydrogens is 248 g/mol. The van der Waals surface area contributed by atoms with Crippen LogP contribution in [0.2, 0.25) is 0 Å². The molecule has 2 atom stereocenters. The van der Waals surface area contributed by atoms with Crippen LogP contribution < -0.4 is 11.1 Å². The van der Waals surface area contributed by atoms with Gasteiger partial charge in [-0.1, -0.05) is 36.8 Å². The van der Waals surface area contributed by atoms with Gasteiger partial charge in [-0.05, 0) is 43.6 Å². The van der Waals surface area contributed by atoms with Crippen molar-refractivity contribution in [2.24, 2.45) is 11.7 Å². The number of hydrogen-bond acceptors (Lipinski definition) is 2. The second kappa shape index (κ2) is 5.57. The van der Waals surface area contributed by atoms with Crippen LogP contribution >= 0.6 is 0 Å². The van der Waals surface area contributed by atoms with E-state index in [0.717, 1.165) is 25.7 Å². The lowest BCUT2D eigenvalue weighted by molar-refractivity contribution is -0.125. The van der Waals surface area contributed by atoms with Crippen LogP contribution in [0, 0.1) is 5.92 Å². The minimum Gasteiger partial charge on any atom is -0.347 e. The minimum atomic E-state index is -0.110. The van der Waals surface area contributed by atoms with Crippen LogP contribution in [0.15, 0.2) is 30.3 Å². The van der Waals surface area contributed by atoms with Crippen molar-refractivity contribution in [2.75, 3.05) is 0 Å². The number of rotatable bonds is 4. The summed E-state index contributed by atoms with van der Waals surface area (Å²) < 4.78 is 0. The Morgan fingerprint density at radius 2 is 1.95 bits per heavy atom. The van der Waals surface area contributed by atoms with Gasteiger partial charge in [-0.15, -0.1) is 0 Å². The van der Waals surface area contributed by atoms with Crippen molar-refractivity contribution in [3.63, 3.8) is 0 Å². The lowest BCUT2D eigenvalue weighted by Crippen LogP contribution is -2.51. The maximum absolute atomic E-state index is 12.4. The monoisotopic (exact) mass is 272 g/mol. The fourth-order valence-corrected chi connectivity index (χ4v) is 3.65. The number of amides is 1. The van der Waals surface area contributed by atoms with Gasteiger partial charge in [-0.3, -0.25) is 4.79 Å². The summed E-state index contributed by atoms with van der Waals surface area (Å²) in [5.74, 6) is 0.554. The molecule has 3 rings (SSSR count). The van der Waals surface area contributed by atoms with Crippen molar-refractivity contribution in [3.05, 3.63) is 35.9 Å². The molecule has 0 aliphatic heterocycles. The summed E-state index contributed by atoms with van der Waals surface area (Å²) in [4.78, 5) is 12.4. The first-order valence-corrected chi connectivity index (χ1v) is 7.82. The largest absolute Gasteiger partial charge is 0.347 e. The average molecular weight is 272 g/mol. The van der Waals surface area contributed by atoms with Crippen LogP contribution in [-0.4, -0.2) is 11.9 Å². The molecule has 0 aromatic heterocycles. The van der Waals surface area contributed by atoms with Gasteiger partial charge in [0, 0.05) is 12.5 Å². The van der Waals surface area contributed by atoms with Crippen molar-refractivity contribution in [3.8, 4) is 0 Å². The smallest absolute Gasteiger partial charge is 0.221 e. The molecule has 108 valence electrons. The third kappa shape index (κ3) is 2.59. The molecule has 0 bridgehead atoms. The lowest BCUT2D eigenvalue weighted by atomic mass is 9.71. The summed E-state index contributed by atoms with van der Waals surface area (Å²) in [7, 11) is 0. The zero-order valence-electron chi connectivity index (χ0n) is 12.0. The summed E-state index contributed by atoms with van der Waals surface area (Å²) in [6, 6.07) is 10.6. The van der Waals surface area contributed by atoms with Crippen LogP contribution in [0.3, 0.4) is 0 Å². The van der Waals surface area contributed by atoms with Gasteiger partial charge < -0.3 is 11.1 Å². The van der Waals surface area contributed by atoms with E-state index in [1.165, 1.54) is 18.4 Å². The van der Waals surface area contributed by atoms with Gasteiger partial charge >= 0.3 is 0 Å². The Morgan fingerprint density at radius 3 is 2.50 bits per heavy atom. The Morgan fingerprint density at radius 1 is 1.20 bits per heavy atom. The van der Waals surface area contributed by atoms with Crippen molar-refractivity contribution in [1.82, 2.24) is 5.32 Å². The highest BCUT2D eigenvalue weighted by molar-refractivity contribution is 5.77. The average Bonchev–Trinajstić information content (AvgIpc) is 2.80. The Hall–Kier alpha value is -1.35. The van der Waals surface area contributed by atoms with Crippen LogP contribution in [0.1, 0.15) is 50.5 Å². The Bertz CT molecular complexity index is 467. The second-order valence-corrected chi connectivity index (χ2v) is 6.41. The Labute approximate surface area is 120 Å². The quantitative estimate of drug-likeness (QED) is 0.885. The normalized spacial score (nSPS) is 27.9. The molecule has 0 heterocycles. The van der Waals surface area contributed by atoms with Gasteiger partial charge in [0.05, 0.1) is 5.54 Å². The van der Waals surface area contributed by atoms with Gasteiger partial charge in [-0.2, -0.15) is 0 Å². The zero-order chi connectivity index (χ0) is 14.0. The summed E-state index contributed by atoms with van der Waals surface area (Å²) >= 11 is 0. The number of hydrogen-bond donors (Lipinski definition) is 2. The molecular formula is C17H24N2O. The van der Waals surface area contributed by atoms with Crippen LogP contribution in [-0.2, 0) is 10.3 Å². The van der Waals surface area contributed by atoms with E-state index in [9.17, 15) is 4.79 Å². The van der Waals surface area contributed by atoms with E-state index in [4.69, 9.17) is 5.73 Å². The van der Waals surface area contributed by atoms with Crippen LogP contribution in [0.4, 0.5) is 0 Å². The topological polar surface area (TPSA) is 55.1 Å². The first-order valence-electron chi connectivity index (χ1n) is 7.82. The van der Waals surface area contributed by atoms with E-state index < -0.39 is 0 Å². The molecule has 0 radical (unpaired) electrons. The number of benzene rings is 1. The highest BCUT2D eigenvalue weighted by Gasteiger charge is 2.40. The summed E-state index contributed by atoms with van der Waals surface area (Å²) in [6.45, 7) is 0. The second-order valence-electron chi connectivity index (χ2n) is 6.41. The van der Waals surface area contributed by atoms with E-state index >= 15 is 0 Å². The molecule has 2 aliphatic carbocycles. The van der Waals surface area contributed by atoms with Crippen LogP contribution in [0.25, 0.3) is 0 Å². The third-order valence-corrected chi connectivity index (χ3v) is 5.08. The van der Waals surface area contributed by atoms with Gasteiger partial charge in [0.1, 0.15) is 0 Å². The fraction of sp³-hybridized carbons (Fsp3) is 0.588. The molecule has 0 saturated heterocycles. The molecule has 2 saturated carbocycles. The number of carbonyl (C=O) groups is 1. The maximum Gasteiger partial charge on any atom is 0.221 e. The minimum absolute atomic E-state index is 0.110. The summed E-state index contributed by atoms with van der Waals surface area (Å²) in [5, 5.41) is 3.30. The highest BCUT2D eigenvalue weighted by Crippen LogP contribution is 2.41. The molecule has 3 heteroatoms. The van der Waals surface area contributed by atoms with Crippen LogP contribution in [0.5, 0.6) is 0 Å². The first kappa shape index (κ1) is 13.6. The standard InChI is InChI=1S/C17H24N2O/c18-15-9-4-6-13(15)12-16(20)19-17(10-5-11-17)14-7-2-1-3-8-14/h1-3,7-8,13,15H,4-6,9-12,18H2,(H,19,20)/t13-,15+/m0/s1. The molecule has 3 nitrogen and oxygen atoms in total. The lowest BCUT2D eigenvalue weighted by Gasteiger charge is -2.43. The molecule has 1 aromatic carbocycles. The van der Waals surface area contributed by atoms with E-state index in [0.29, 0.717) is 12.3 Å². The van der Waals surface area contributed by atoms with E-state index in [1.54, 1.807) is 0 Å². The fourth-order valence-electron chi connectivity index (χ4n) is 3.65. The van der Waals surface area contributed by atoms with E-state index in [1.807, 2.05) is 6.07 Å². The number of nitrogens with two attached hydrogens (primary N) is 1. The Kier molecular flexibility index (Phi) is 3.79. The Balaban J connectivity index is 1.65. The predicted octanol–water partition coefficient (Wildman–Crippen LogP) is 2.70. The molecule has 1 amide bonds. The van der Waals surface area contributed by atoms with Gasteiger partial charge in [0.15, 0.2) is 0 Å². The van der Waals surface area contributed by atoms with Crippen molar-refractivity contribution < 1.29 is 4.79 Å². The SMILES string of the molecule is N[C@@H]1CCC[C@H]1CC(=O)NC1(c2ccccc2)CCC1. The van der Waals surface area contributed by atoms with Crippen molar-refractivity contribution in [1.29, 1.82) is 0 Å². The molecule has 0 spiro atoms. The van der Waals surface area contributed by atoms with Gasteiger partial charge in [0.25, 0.3) is 0 Å². The van der Waals surface area contributed by atoms with E-state index in [2.05, 4.69) is 29.6 Å². The predicted molar refractivity (Wildman–Crippen MR) is 80.0 cm³/mol. The van der Waals surface area contributed by atoms with Crippen molar-refractivity contribution in [2.45, 2.75) is 56.5 Å². The maximum atomic E-state index is 12.4. The highest BCUT2D eigenvalue weighted by atomic mass is 16.1. The first-order chi connectivity index (χ1) is 9.70. The molecule has 0 unspecified atom stereocenters. The van der Waals surface area contributed by atoms with Gasteiger partial charge in [-0.25, -0.2) is 0 Å². The van der Waals surface area contributed by atoms with Gasteiger partial charge in [0.2, 0.25) is 5.91 Å². The summed E-state index contributed by atoms with van der Waals surface area (Å²) in [5.41, 5.74) is 7.20. The summed E-state index contributed by atoms with van der Waals surface area (Å²) in [6.07, 6.45) is 7.24. The number of carbonyl (C=O) groups excluding carboxylic acids is 1. The zero-order valence-corrected chi connectivity index (χ0v) is 12.0.